The number of hydrogen-bond acceptors (Lipinski definition) is 4. The van der Waals surface area contributed by atoms with Crippen LogP contribution in [0.3, 0.4) is 0 Å². The summed E-state index contributed by atoms with van der Waals surface area (Å²) in [6.07, 6.45) is 4.74. The van der Waals surface area contributed by atoms with Crippen molar-refractivity contribution in [3.05, 3.63) is 46.0 Å². The first-order valence-electron chi connectivity index (χ1n) is 7.85. The summed E-state index contributed by atoms with van der Waals surface area (Å²) in [5.74, 6) is -1.22. The molecule has 2 aliphatic carbocycles. The van der Waals surface area contributed by atoms with Gasteiger partial charge < -0.3 is 5.41 Å². The largest absolute Gasteiger partial charge is 0.305 e. The minimum absolute atomic E-state index is 0.0435. The molecule has 0 amide bonds. The van der Waals surface area contributed by atoms with Gasteiger partial charge in [0.25, 0.3) is 0 Å². The monoisotopic (exact) mass is 378 g/mol. The van der Waals surface area contributed by atoms with E-state index >= 15 is 0 Å². The zero-order valence-electron chi connectivity index (χ0n) is 13.0. The Kier molecular flexibility index (Phi) is 4.27. The maximum absolute atomic E-state index is 9.85. The molecule has 1 fully saturated rings. The van der Waals surface area contributed by atoms with E-state index in [1.807, 2.05) is 30.3 Å². The van der Waals surface area contributed by atoms with Gasteiger partial charge in [-0.1, -0.05) is 34.1 Å². The summed E-state index contributed by atoms with van der Waals surface area (Å²) in [6, 6.07) is 14.0. The topological polar surface area (TPSA) is 95.2 Å². The predicted octanol–water partition coefficient (Wildman–Crippen LogP) is 4.47. The highest BCUT2D eigenvalue weighted by molar-refractivity contribution is 9.10. The van der Waals surface area contributed by atoms with Gasteiger partial charge in [-0.15, -0.1) is 0 Å². The first-order valence-corrected chi connectivity index (χ1v) is 8.64. The molecule has 0 saturated heterocycles. The Morgan fingerprint density at radius 2 is 1.79 bits per heavy atom. The van der Waals surface area contributed by atoms with E-state index in [0.29, 0.717) is 0 Å². The summed E-state index contributed by atoms with van der Waals surface area (Å²) in [5, 5.41) is 37.7. The molecule has 24 heavy (non-hydrogen) atoms. The average Bonchev–Trinajstić information content (AvgIpc) is 2.62. The average molecular weight is 379 g/mol. The summed E-state index contributed by atoms with van der Waals surface area (Å²) in [4.78, 5) is 0. The minimum atomic E-state index is -1.59. The molecular weight excluding hydrogens is 364 g/mol. The van der Waals surface area contributed by atoms with E-state index in [9.17, 15) is 15.8 Å². The highest BCUT2D eigenvalue weighted by Gasteiger charge is 2.57. The number of halogens is 1. The fourth-order valence-electron chi connectivity index (χ4n) is 4.06. The van der Waals surface area contributed by atoms with E-state index < -0.39 is 17.3 Å². The molecule has 1 aromatic carbocycles. The van der Waals surface area contributed by atoms with Gasteiger partial charge in [0.15, 0.2) is 5.41 Å². The van der Waals surface area contributed by atoms with Crippen molar-refractivity contribution in [1.29, 1.82) is 21.2 Å². The summed E-state index contributed by atoms with van der Waals surface area (Å²) in [6.45, 7) is 0. The van der Waals surface area contributed by atoms with Crippen LogP contribution >= 0.6 is 15.9 Å². The van der Waals surface area contributed by atoms with Crippen LogP contribution in [0.25, 0.3) is 0 Å². The second kappa shape index (κ2) is 6.23. The molecule has 0 aliphatic heterocycles. The number of fused-ring (bicyclic) bond motifs is 1. The van der Waals surface area contributed by atoms with E-state index in [1.165, 1.54) is 0 Å². The molecule has 0 aromatic heterocycles. The quantitative estimate of drug-likeness (QED) is 0.730. The van der Waals surface area contributed by atoms with Crippen molar-refractivity contribution >= 4 is 21.6 Å². The lowest BCUT2D eigenvalue weighted by Gasteiger charge is -2.45. The van der Waals surface area contributed by atoms with Crippen molar-refractivity contribution < 1.29 is 0 Å². The van der Waals surface area contributed by atoms with Gasteiger partial charge >= 0.3 is 0 Å². The lowest BCUT2D eigenvalue weighted by molar-refractivity contribution is 0.320. The van der Waals surface area contributed by atoms with Gasteiger partial charge in [-0.25, -0.2) is 0 Å². The van der Waals surface area contributed by atoms with E-state index in [2.05, 4.69) is 34.1 Å². The highest BCUT2D eigenvalue weighted by atomic mass is 79.9. The second-order valence-electron chi connectivity index (χ2n) is 6.28. The predicted molar refractivity (Wildman–Crippen MR) is 92.8 cm³/mol. The van der Waals surface area contributed by atoms with Crippen molar-refractivity contribution in [3.63, 3.8) is 0 Å². The van der Waals surface area contributed by atoms with Crippen LogP contribution in [-0.2, 0) is 0 Å². The van der Waals surface area contributed by atoms with Gasteiger partial charge in [0.2, 0.25) is 0 Å². The van der Waals surface area contributed by atoms with Gasteiger partial charge in [-0.3, -0.25) is 0 Å². The van der Waals surface area contributed by atoms with Crippen LogP contribution < -0.4 is 0 Å². The molecule has 2 aliphatic rings. The Labute approximate surface area is 149 Å². The van der Waals surface area contributed by atoms with Crippen LogP contribution in [-0.4, -0.2) is 5.71 Å². The molecule has 5 heteroatoms. The number of nitriles is 3. The first-order chi connectivity index (χ1) is 11.6. The van der Waals surface area contributed by atoms with Gasteiger partial charge in [0, 0.05) is 10.4 Å². The zero-order valence-corrected chi connectivity index (χ0v) is 14.5. The van der Waals surface area contributed by atoms with E-state index in [4.69, 9.17) is 5.41 Å². The molecule has 1 N–H and O–H groups in total. The van der Waals surface area contributed by atoms with Crippen LogP contribution in [0.4, 0.5) is 0 Å². The Morgan fingerprint density at radius 1 is 1.12 bits per heavy atom. The van der Waals surface area contributed by atoms with Gasteiger partial charge in [-0.05, 0) is 48.4 Å². The van der Waals surface area contributed by atoms with Crippen molar-refractivity contribution in [2.45, 2.75) is 25.2 Å². The van der Waals surface area contributed by atoms with Crippen LogP contribution in [0.15, 0.2) is 40.4 Å². The number of allylic oxidation sites excluding steroid dienone is 2. The maximum Gasteiger partial charge on any atom is 0.189 e. The molecule has 3 atom stereocenters. The molecule has 118 valence electrons. The maximum atomic E-state index is 9.85. The molecular formula is C19H15BrN4. The smallest absolute Gasteiger partial charge is 0.189 e. The summed E-state index contributed by atoms with van der Waals surface area (Å²) in [5.41, 5.74) is 0.128. The highest BCUT2D eigenvalue weighted by Crippen LogP contribution is 2.55. The van der Waals surface area contributed by atoms with E-state index in [-0.39, 0.29) is 11.6 Å². The fraction of sp³-hybridized carbons (Fsp3) is 0.368. The molecule has 0 heterocycles. The number of hydrogen-bond donors (Lipinski definition) is 1. The standard InChI is InChI=1S/C19H15BrN4/c20-13-7-5-12(6-8-13)17-15-4-2-1-3-14(15)16(9-21)18(24)19(17,10-22)11-23/h3,5-8,15-17,24H,1-2,4H2/t15-,16+,17+/m1/s1. The molecule has 1 saturated carbocycles. The first kappa shape index (κ1) is 16.4. The van der Waals surface area contributed by atoms with Crippen molar-refractivity contribution in [1.82, 2.24) is 0 Å². The number of nitrogens with zero attached hydrogens (tertiary/aromatic N) is 3. The SMILES string of the molecule is N#C[C@@H]1C(=N)C(C#N)(C#N)[C@@H](c2ccc(Br)cc2)[C@@H]2CCCC=C12. The molecule has 4 nitrogen and oxygen atoms in total. The summed E-state index contributed by atoms with van der Waals surface area (Å²) in [7, 11) is 0. The summed E-state index contributed by atoms with van der Waals surface area (Å²) >= 11 is 3.41. The molecule has 0 spiro atoms. The van der Waals surface area contributed by atoms with Crippen molar-refractivity contribution in [2.75, 3.05) is 0 Å². The second-order valence-corrected chi connectivity index (χ2v) is 7.19. The Hall–Kier alpha value is -2.42. The number of benzene rings is 1. The van der Waals surface area contributed by atoms with E-state index in [0.717, 1.165) is 34.9 Å². The van der Waals surface area contributed by atoms with Crippen molar-refractivity contribution in [2.24, 2.45) is 17.3 Å². The Balaban J connectivity index is 2.24. The lowest BCUT2D eigenvalue weighted by Crippen LogP contribution is -2.48. The minimum Gasteiger partial charge on any atom is -0.305 e. The molecule has 3 rings (SSSR count). The summed E-state index contributed by atoms with van der Waals surface area (Å²) < 4.78 is 0.922. The third-order valence-electron chi connectivity index (χ3n) is 5.15. The third kappa shape index (κ3) is 2.27. The van der Waals surface area contributed by atoms with Crippen LogP contribution in [0.5, 0.6) is 0 Å². The molecule has 0 bridgehead atoms. The normalized spacial score (nSPS) is 27.8. The van der Waals surface area contributed by atoms with Gasteiger partial charge in [0.05, 0.1) is 23.9 Å². The van der Waals surface area contributed by atoms with Gasteiger partial charge in [-0.2, -0.15) is 15.8 Å². The molecule has 0 radical (unpaired) electrons. The Morgan fingerprint density at radius 3 is 2.38 bits per heavy atom. The molecule has 1 aromatic rings. The third-order valence-corrected chi connectivity index (χ3v) is 5.68. The lowest BCUT2D eigenvalue weighted by atomic mass is 9.53. The van der Waals surface area contributed by atoms with Gasteiger partial charge in [0.1, 0.15) is 5.92 Å². The number of nitrogens with one attached hydrogen (secondary N) is 1. The van der Waals surface area contributed by atoms with Crippen molar-refractivity contribution in [3.8, 4) is 18.2 Å². The van der Waals surface area contributed by atoms with Crippen LogP contribution in [0, 0.1) is 56.7 Å². The number of rotatable bonds is 1. The zero-order chi connectivity index (χ0) is 17.3. The fourth-order valence-corrected chi connectivity index (χ4v) is 4.32. The van der Waals surface area contributed by atoms with Crippen LogP contribution in [0.1, 0.15) is 30.7 Å². The van der Waals surface area contributed by atoms with E-state index in [1.54, 1.807) is 0 Å². The van der Waals surface area contributed by atoms with Crippen LogP contribution in [0.2, 0.25) is 0 Å². The molecule has 0 unspecified atom stereocenters. The Bertz CT molecular complexity index is 818.